The van der Waals surface area contributed by atoms with Crippen LogP contribution in [0.4, 0.5) is 0 Å². The Hall–Kier alpha value is -0.190. The number of nitrogens with one attached hydrogen (secondary N) is 1. The van der Waals surface area contributed by atoms with Crippen LogP contribution in [0.25, 0.3) is 0 Å². The van der Waals surface area contributed by atoms with E-state index in [9.17, 15) is 0 Å². The molecule has 1 aromatic rings. The van der Waals surface area contributed by atoms with Crippen LogP contribution in [0.15, 0.2) is 24.3 Å². The average molecular weight is 288 g/mol. The monoisotopic (exact) mass is 287 g/mol. The van der Waals surface area contributed by atoms with Gasteiger partial charge in [0.1, 0.15) is 5.75 Å². The molecule has 0 spiro atoms. The SMILES string of the molecule is BrCCOc1ccc([C@H]2NCCS2)cc1. The summed E-state index contributed by atoms with van der Waals surface area (Å²) < 4.78 is 5.50. The van der Waals surface area contributed by atoms with Gasteiger partial charge >= 0.3 is 0 Å². The molecule has 0 amide bonds. The van der Waals surface area contributed by atoms with Gasteiger partial charge in [-0.15, -0.1) is 11.8 Å². The largest absolute Gasteiger partial charge is 0.493 e. The summed E-state index contributed by atoms with van der Waals surface area (Å²) in [5, 5.41) is 4.79. The zero-order valence-electron chi connectivity index (χ0n) is 8.41. The van der Waals surface area contributed by atoms with Gasteiger partial charge in [0.25, 0.3) is 0 Å². The van der Waals surface area contributed by atoms with E-state index in [0.29, 0.717) is 5.37 Å². The van der Waals surface area contributed by atoms with Crippen LogP contribution in [-0.4, -0.2) is 24.2 Å². The van der Waals surface area contributed by atoms with E-state index in [2.05, 4.69) is 33.4 Å². The summed E-state index contributed by atoms with van der Waals surface area (Å²) in [4.78, 5) is 0. The first kappa shape index (κ1) is 11.3. The molecular weight excluding hydrogens is 274 g/mol. The van der Waals surface area contributed by atoms with Crippen molar-refractivity contribution in [2.75, 3.05) is 24.2 Å². The molecule has 82 valence electrons. The lowest BCUT2D eigenvalue weighted by atomic mass is 10.2. The quantitative estimate of drug-likeness (QED) is 0.861. The summed E-state index contributed by atoms with van der Waals surface area (Å²) in [6, 6.07) is 8.36. The van der Waals surface area contributed by atoms with E-state index in [1.807, 2.05) is 23.9 Å². The van der Waals surface area contributed by atoms with Crippen LogP contribution in [0.3, 0.4) is 0 Å². The lowest BCUT2D eigenvalue weighted by Gasteiger charge is -2.10. The zero-order valence-corrected chi connectivity index (χ0v) is 10.8. The summed E-state index contributed by atoms with van der Waals surface area (Å²) in [6.45, 7) is 1.83. The molecule has 0 aliphatic carbocycles. The number of hydrogen-bond acceptors (Lipinski definition) is 3. The first-order chi connectivity index (χ1) is 7.40. The van der Waals surface area contributed by atoms with Crippen molar-refractivity contribution >= 4 is 27.7 Å². The molecule has 2 rings (SSSR count). The normalized spacial score (nSPS) is 20.5. The minimum Gasteiger partial charge on any atom is -0.493 e. The van der Waals surface area contributed by atoms with Crippen LogP contribution >= 0.6 is 27.7 Å². The van der Waals surface area contributed by atoms with Crippen LogP contribution in [-0.2, 0) is 0 Å². The maximum Gasteiger partial charge on any atom is 0.119 e. The van der Waals surface area contributed by atoms with Gasteiger partial charge in [-0.25, -0.2) is 0 Å². The van der Waals surface area contributed by atoms with E-state index in [1.54, 1.807) is 0 Å². The minimum atomic E-state index is 0.468. The zero-order chi connectivity index (χ0) is 10.5. The Labute approximate surface area is 103 Å². The van der Waals surface area contributed by atoms with Gasteiger partial charge in [0.15, 0.2) is 0 Å². The average Bonchev–Trinajstić information content (AvgIpc) is 2.80. The molecule has 1 fully saturated rings. The molecule has 15 heavy (non-hydrogen) atoms. The van der Waals surface area contributed by atoms with Crippen molar-refractivity contribution in [1.82, 2.24) is 5.32 Å². The van der Waals surface area contributed by atoms with Crippen molar-refractivity contribution in [3.8, 4) is 5.75 Å². The molecule has 1 N–H and O–H groups in total. The number of alkyl halides is 1. The van der Waals surface area contributed by atoms with Crippen LogP contribution in [0, 0.1) is 0 Å². The van der Waals surface area contributed by atoms with Crippen molar-refractivity contribution in [2.45, 2.75) is 5.37 Å². The maximum absolute atomic E-state index is 5.50. The van der Waals surface area contributed by atoms with Gasteiger partial charge in [0.05, 0.1) is 12.0 Å². The van der Waals surface area contributed by atoms with Gasteiger partial charge in [-0.05, 0) is 17.7 Å². The van der Waals surface area contributed by atoms with E-state index < -0.39 is 0 Å². The van der Waals surface area contributed by atoms with Gasteiger partial charge < -0.3 is 10.1 Å². The van der Waals surface area contributed by atoms with Gasteiger partial charge in [-0.3, -0.25) is 0 Å². The second-order valence-corrected chi connectivity index (χ2v) is 5.32. The summed E-state index contributed by atoms with van der Waals surface area (Å²) in [6.07, 6.45) is 0. The number of halogens is 1. The third-order valence-electron chi connectivity index (χ3n) is 2.25. The first-order valence-corrected chi connectivity index (χ1v) is 7.21. The highest BCUT2D eigenvalue weighted by molar-refractivity contribution is 9.09. The Bertz CT molecular complexity index is 298. The molecule has 1 heterocycles. The Morgan fingerprint density at radius 2 is 2.20 bits per heavy atom. The van der Waals surface area contributed by atoms with Crippen molar-refractivity contribution in [1.29, 1.82) is 0 Å². The maximum atomic E-state index is 5.50. The molecular formula is C11H14BrNOS. The fourth-order valence-electron chi connectivity index (χ4n) is 1.54. The highest BCUT2D eigenvalue weighted by Crippen LogP contribution is 2.30. The Morgan fingerprint density at radius 3 is 2.80 bits per heavy atom. The van der Waals surface area contributed by atoms with Crippen molar-refractivity contribution < 1.29 is 4.74 Å². The van der Waals surface area contributed by atoms with E-state index >= 15 is 0 Å². The third kappa shape index (κ3) is 3.13. The molecule has 1 aromatic carbocycles. The number of thioether (sulfide) groups is 1. The number of ether oxygens (including phenoxy) is 1. The van der Waals surface area contributed by atoms with Gasteiger partial charge in [0.2, 0.25) is 0 Å². The predicted octanol–water partition coefficient (Wildman–Crippen LogP) is 2.80. The lowest BCUT2D eigenvalue weighted by Crippen LogP contribution is -2.11. The van der Waals surface area contributed by atoms with Crippen LogP contribution in [0.5, 0.6) is 5.75 Å². The fourth-order valence-corrected chi connectivity index (χ4v) is 2.75. The number of rotatable bonds is 4. The predicted molar refractivity (Wildman–Crippen MR) is 68.9 cm³/mol. The van der Waals surface area contributed by atoms with Crippen LogP contribution in [0.1, 0.15) is 10.9 Å². The molecule has 0 unspecified atom stereocenters. The molecule has 0 bridgehead atoms. The topological polar surface area (TPSA) is 21.3 Å². The van der Waals surface area contributed by atoms with E-state index in [-0.39, 0.29) is 0 Å². The Morgan fingerprint density at radius 1 is 1.40 bits per heavy atom. The highest BCUT2D eigenvalue weighted by atomic mass is 79.9. The molecule has 1 aliphatic heterocycles. The molecule has 2 nitrogen and oxygen atoms in total. The Kier molecular flexibility index (Phi) is 4.35. The smallest absolute Gasteiger partial charge is 0.119 e. The van der Waals surface area contributed by atoms with Crippen LogP contribution in [0.2, 0.25) is 0 Å². The van der Waals surface area contributed by atoms with E-state index in [4.69, 9.17) is 4.74 Å². The highest BCUT2D eigenvalue weighted by Gasteiger charge is 2.16. The van der Waals surface area contributed by atoms with E-state index in [0.717, 1.165) is 24.2 Å². The summed E-state index contributed by atoms with van der Waals surface area (Å²) in [5.41, 5.74) is 1.34. The third-order valence-corrected chi connectivity index (χ3v) is 3.78. The number of hydrogen-bond donors (Lipinski definition) is 1. The van der Waals surface area contributed by atoms with Crippen molar-refractivity contribution in [3.05, 3.63) is 29.8 Å². The summed E-state index contributed by atoms with van der Waals surface area (Å²) >= 11 is 5.30. The second kappa shape index (κ2) is 5.77. The summed E-state index contributed by atoms with van der Waals surface area (Å²) in [7, 11) is 0. The van der Waals surface area contributed by atoms with Gasteiger partial charge in [-0.1, -0.05) is 28.1 Å². The molecule has 0 radical (unpaired) electrons. The first-order valence-electron chi connectivity index (χ1n) is 5.04. The second-order valence-electron chi connectivity index (χ2n) is 3.31. The Balaban J connectivity index is 1.96. The minimum absolute atomic E-state index is 0.468. The van der Waals surface area contributed by atoms with Crippen molar-refractivity contribution in [3.63, 3.8) is 0 Å². The molecule has 1 atom stereocenters. The standard InChI is InChI=1S/C11H14BrNOS/c12-5-7-14-10-3-1-9(2-4-10)11-13-6-8-15-11/h1-4,11,13H,5-8H2/t11-/m0/s1. The number of benzene rings is 1. The van der Waals surface area contributed by atoms with Gasteiger partial charge in [0, 0.05) is 17.6 Å². The van der Waals surface area contributed by atoms with Gasteiger partial charge in [-0.2, -0.15) is 0 Å². The van der Waals surface area contributed by atoms with E-state index in [1.165, 1.54) is 11.3 Å². The summed E-state index contributed by atoms with van der Waals surface area (Å²) in [5.74, 6) is 2.15. The molecule has 4 heteroatoms. The molecule has 0 saturated carbocycles. The van der Waals surface area contributed by atoms with Crippen LogP contribution < -0.4 is 10.1 Å². The molecule has 1 saturated heterocycles. The lowest BCUT2D eigenvalue weighted by molar-refractivity contribution is 0.345. The molecule has 0 aromatic heterocycles. The molecule has 1 aliphatic rings. The van der Waals surface area contributed by atoms with Crippen molar-refractivity contribution in [2.24, 2.45) is 0 Å². The fraction of sp³-hybridized carbons (Fsp3) is 0.455.